The Hall–Kier alpha value is -6.90. The number of piperidine rings is 1. The minimum Gasteiger partial charge on any atom is -0.480 e. The second kappa shape index (κ2) is 22.3. The maximum Gasteiger partial charge on any atom is 0.263 e. The summed E-state index contributed by atoms with van der Waals surface area (Å²) in [7, 11) is 1.48. The highest BCUT2D eigenvalue weighted by molar-refractivity contribution is 6.09. The van der Waals surface area contributed by atoms with Crippen LogP contribution in [0, 0.1) is 6.92 Å². The van der Waals surface area contributed by atoms with Crippen molar-refractivity contribution in [2.75, 3.05) is 93.5 Å². The van der Waals surface area contributed by atoms with Crippen LogP contribution in [-0.4, -0.2) is 142 Å². The number of amides is 3. The minimum absolute atomic E-state index is 0.00401. The third kappa shape index (κ3) is 11.8. The molecule has 1 aromatic carbocycles. The van der Waals surface area contributed by atoms with Crippen molar-refractivity contribution in [2.45, 2.75) is 70.9 Å². The summed E-state index contributed by atoms with van der Waals surface area (Å²) >= 11 is 0. The molecule has 0 bridgehead atoms. The number of Topliss-reactive ketones (excluding diaryl/α,β-unsaturated/α-hetero) is 1. The van der Waals surface area contributed by atoms with Crippen LogP contribution in [0.4, 0.5) is 29.0 Å². The number of piperazine rings is 1. The van der Waals surface area contributed by atoms with Gasteiger partial charge in [-0.25, -0.2) is 9.97 Å². The molecule has 358 valence electrons. The van der Waals surface area contributed by atoms with Gasteiger partial charge in [0.25, 0.3) is 11.5 Å². The van der Waals surface area contributed by atoms with E-state index < -0.39 is 5.91 Å². The second-order valence-corrected chi connectivity index (χ2v) is 17.4. The fourth-order valence-electron chi connectivity index (χ4n) is 9.15. The number of carbonyl (C=O) groups excluding carboxylic acids is 4. The highest BCUT2D eigenvalue weighted by atomic mass is 16.5. The van der Waals surface area contributed by atoms with Crippen molar-refractivity contribution in [3.05, 3.63) is 88.0 Å². The molecule has 8 rings (SSSR count). The van der Waals surface area contributed by atoms with Gasteiger partial charge in [0.2, 0.25) is 23.6 Å². The zero-order valence-electron chi connectivity index (χ0n) is 38.8. The molecule has 4 aromatic heterocycles. The van der Waals surface area contributed by atoms with Crippen molar-refractivity contribution in [3.8, 4) is 5.88 Å². The van der Waals surface area contributed by atoms with Crippen LogP contribution in [0.15, 0.2) is 65.7 Å². The van der Waals surface area contributed by atoms with Gasteiger partial charge < -0.3 is 40.5 Å². The van der Waals surface area contributed by atoms with Crippen LogP contribution in [0.2, 0.25) is 0 Å². The Morgan fingerprint density at radius 1 is 0.794 bits per heavy atom. The van der Waals surface area contributed by atoms with Gasteiger partial charge in [-0.1, -0.05) is 25.0 Å². The van der Waals surface area contributed by atoms with Crippen LogP contribution >= 0.6 is 0 Å². The topological polar surface area (TPSA) is 231 Å². The van der Waals surface area contributed by atoms with Gasteiger partial charge in [0.05, 0.1) is 62.0 Å². The number of nitrogens with zero attached hydrogens (tertiary/aromatic N) is 9. The number of hydrogen-bond acceptors (Lipinski definition) is 16. The highest BCUT2D eigenvalue weighted by Crippen LogP contribution is 2.32. The van der Waals surface area contributed by atoms with Crippen molar-refractivity contribution >= 4 is 63.5 Å². The fourth-order valence-corrected chi connectivity index (χ4v) is 9.15. The first kappa shape index (κ1) is 47.6. The maximum atomic E-state index is 13.6. The fraction of sp³-hybridized carbons (Fsp3) is 0.458. The van der Waals surface area contributed by atoms with E-state index in [9.17, 15) is 24.0 Å². The van der Waals surface area contributed by atoms with E-state index >= 15 is 0 Å². The van der Waals surface area contributed by atoms with Crippen LogP contribution in [0.5, 0.6) is 5.88 Å². The zero-order valence-corrected chi connectivity index (χ0v) is 38.8. The number of ketones is 1. The van der Waals surface area contributed by atoms with Crippen molar-refractivity contribution in [3.63, 3.8) is 0 Å². The third-order valence-corrected chi connectivity index (χ3v) is 12.9. The quantitative estimate of drug-likeness (QED) is 0.0707. The Balaban J connectivity index is 0.710. The predicted molar refractivity (Wildman–Crippen MR) is 257 cm³/mol. The smallest absolute Gasteiger partial charge is 0.263 e. The number of carbonyl (C=O) groups is 4. The first-order valence-corrected chi connectivity index (χ1v) is 23.3. The number of methoxy groups -OCH3 is 1. The lowest BCUT2D eigenvalue weighted by Gasteiger charge is -2.36. The van der Waals surface area contributed by atoms with Crippen molar-refractivity contribution in [1.29, 1.82) is 0 Å². The molecule has 0 radical (unpaired) electrons. The van der Waals surface area contributed by atoms with Gasteiger partial charge in [0, 0.05) is 75.5 Å². The molecular weight excluding hydrogens is 871 g/mol. The van der Waals surface area contributed by atoms with Crippen LogP contribution in [-0.2, 0) is 14.3 Å². The van der Waals surface area contributed by atoms with E-state index in [-0.39, 0.29) is 65.2 Å². The highest BCUT2D eigenvalue weighted by Gasteiger charge is 2.27. The molecule has 0 atom stereocenters. The molecule has 68 heavy (non-hydrogen) atoms. The molecular formula is C48H59N13O7. The Bertz CT molecular complexity index is 2640. The van der Waals surface area contributed by atoms with Crippen LogP contribution in [0.1, 0.15) is 84.2 Å². The van der Waals surface area contributed by atoms with Crippen LogP contribution < -0.4 is 36.5 Å². The molecule has 20 heteroatoms. The Kier molecular flexibility index (Phi) is 15.6. The van der Waals surface area contributed by atoms with Gasteiger partial charge in [0.15, 0.2) is 11.6 Å². The third-order valence-electron chi connectivity index (χ3n) is 12.9. The minimum atomic E-state index is -0.435. The summed E-state index contributed by atoms with van der Waals surface area (Å²) in [4.78, 5) is 85.5. The molecule has 5 aromatic rings. The van der Waals surface area contributed by atoms with Crippen LogP contribution in [0.25, 0.3) is 11.0 Å². The number of fused-ring (bicyclic) bond motifs is 1. The summed E-state index contributed by atoms with van der Waals surface area (Å²) in [5, 5.41) is 20.4. The number of pyridine rings is 2. The number of hydrogen-bond donors (Lipinski definition) is 4. The number of ether oxygens (including phenoxy) is 2. The van der Waals surface area contributed by atoms with Crippen molar-refractivity contribution in [1.82, 2.24) is 44.8 Å². The summed E-state index contributed by atoms with van der Waals surface area (Å²) in [6.07, 6.45) is 9.14. The van der Waals surface area contributed by atoms with Gasteiger partial charge in [-0.15, -0.1) is 10.2 Å². The van der Waals surface area contributed by atoms with Crippen molar-refractivity contribution < 1.29 is 28.7 Å². The summed E-state index contributed by atoms with van der Waals surface area (Å²) in [6, 6.07) is 13.9. The molecule has 1 aliphatic carbocycles. The second-order valence-electron chi connectivity index (χ2n) is 17.4. The summed E-state index contributed by atoms with van der Waals surface area (Å²) < 4.78 is 12.5. The van der Waals surface area contributed by atoms with E-state index in [1.165, 1.54) is 14.0 Å². The zero-order chi connectivity index (χ0) is 47.6. The largest absolute Gasteiger partial charge is 0.480 e. The van der Waals surface area contributed by atoms with E-state index in [1.54, 1.807) is 54.1 Å². The lowest BCUT2D eigenvalue weighted by atomic mass is 10.0. The SMILES string of the molecule is COc1ccc(NC(=O)c2ccccc2NC(=O)CCOCCN2CCC(NC(=O)CN3CCN(c4ccc(Nc5ncc6c(C)c(C(C)=O)c(=O)n(C7CCCC7)c6n5)nc4)CC3)CC2)nn1. The number of benzene rings is 1. The van der Waals surface area contributed by atoms with Gasteiger partial charge in [0.1, 0.15) is 11.5 Å². The molecule has 20 nitrogen and oxygen atoms in total. The molecule has 2 aliphatic heterocycles. The molecule has 6 heterocycles. The van der Waals surface area contributed by atoms with E-state index in [1.807, 2.05) is 18.3 Å². The Morgan fingerprint density at radius 3 is 2.26 bits per heavy atom. The number of aromatic nitrogens is 6. The van der Waals surface area contributed by atoms with E-state index in [4.69, 9.17) is 14.5 Å². The number of anilines is 5. The lowest BCUT2D eigenvalue weighted by Crippen LogP contribution is -2.52. The predicted octanol–water partition coefficient (Wildman–Crippen LogP) is 4.36. The Labute approximate surface area is 394 Å². The van der Waals surface area contributed by atoms with Gasteiger partial charge in [-0.05, 0) is 75.4 Å². The van der Waals surface area contributed by atoms with E-state index in [0.29, 0.717) is 53.1 Å². The number of nitrogens with one attached hydrogen (secondary N) is 4. The number of aryl methyl sites for hydroxylation is 1. The normalized spacial score (nSPS) is 16.1. The summed E-state index contributed by atoms with van der Waals surface area (Å²) in [6.45, 7) is 9.72. The molecule has 3 amide bonds. The van der Waals surface area contributed by atoms with Gasteiger partial charge in [-0.3, -0.25) is 33.4 Å². The monoisotopic (exact) mass is 929 g/mol. The average Bonchev–Trinajstić information content (AvgIpc) is 3.87. The lowest BCUT2D eigenvalue weighted by molar-refractivity contribution is -0.123. The van der Waals surface area contributed by atoms with E-state index in [2.05, 4.69) is 56.1 Å². The molecule has 3 aliphatic rings. The molecule has 3 fully saturated rings. The number of rotatable bonds is 18. The number of para-hydroxylation sites is 1. The van der Waals surface area contributed by atoms with Gasteiger partial charge >= 0.3 is 0 Å². The standard InChI is InChI=1S/C48H59N13O7/c1-31-37-29-50-48(55-45(37)61(34-8-4-5-9-34)47(66)44(31)32(2)62)54-39-13-12-35(28-49-39)60-23-21-59(22-24-60)30-42(64)51-33-16-19-58(20-17-33)25-27-68-26-18-41(63)52-38-11-7-6-10-36(38)46(65)53-40-14-15-43(67-3)57-56-40/h6-7,10-15,28-29,33-34H,4-5,8-9,16-27,30H2,1-3H3,(H,51,64)(H,52,63)(H,53,56,65)(H,49,50,54,55). The molecule has 2 saturated heterocycles. The molecule has 1 saturated carbocycles. The van der Waals surface area contributed by atoms with E-state index in [0.717, 1.165) is 90.0 Å². The van der Waals surface area contributed by atoms with Gasteiger partial charge in [-0.2, -0.15) is 4.98 Å². The average molecular weight is 930 g/mol. The molecule has 0 unspecified atom stereocenters. The van der Waals surface area contributed by atoms with Crippen molar-refractivity contribution in [2.24, 2.45) is 0 Å². The molecule has 4 N–H and O–H groups in total. The first-order chi connectivity index (χ1) is 33.0. The summed E-state index contributed by atoms with van der Waals surface area (Å²) in [5.41, 5.74) is 2.70. The number of likely N-dealkylation sites (tertiary alicyclic amines) is 1. The Morgan fingerprint density at radius 2 is 1.56 bits per heavy atom. The summed E-state index contributed by atoms with van der Waals surface area (Å²) in [5.74, 6) is 0.554. The van der Waals surface area contributed by atoms with Crippen LogP contribution in [0.3, 0.4) is 0 Å². The maximum absolute atomic E-state index is 13.6. The molecule has 0 spiro atoms. The first-order valence-electron chi connectivity index (χ1n) is 23.3.